The summed E-state index contributed by atoms with van der Waals surface area (Å²) in [4.78, 5) is 12.3. The number of nitriles is 1. The number of aryl methyl sites for hydroxylation is 1. The van der Waals surface area contributed by atoms with Crippen LogP contribution in [0.3, 0.4) is 0 Å². The molecule has 0 radical (unpaired) electrons. The van der Waals surface area contributed by atoms with Crippen molar-refractivity contribution < 1.29 is 4.42 Å². The molecule has 0 saturated carbocycles. The third-order valence-electron chi connectivity index (χ3n) is 3.88. The minimum absolute atomic E-state index is 0.154. The van der Waals surface area contributed by atoms with Gasteiger partial charge in [0.15, 0.2) is 5.58 Å². The monoisotopic (exact) mass is 321 g/mol. The summed E-state index contributed by atoms with van der Waals surface area (Å²) in [5.41, 5.74) is 2.82. The average molecular weight is 321 g/mol. The number of fused-ring (bicyclic) bond motifs is 1. The first kappa shape index (κ1) is 16.0. The van der Waals surface area contributed by atoms with Crippen LogP contribution in [0, 0.1) is 17.2 Å². The lowest BCUT2D eigenvalue weighted by Crippen LogP contribution is -2.21. The van der Waals surface area contributed by atoms with Gasteiger partial charge < -0.3 is 4.42 Å². The van der Waals surface area contributed by atoms with Gasteiger partial charge in [-0.05, 0) is 36.1 Å². The van der Waals surface area contributed by atoms with Crippen LogP contribution in [0.2, 0.25) is 0 Å². The summed E-state index contributed by atoms with van der Waals surface area (Å²) in [5, 5.41) is 13.9. The molecule has 0 N–H and O–H groups in total. The number of hydrogen-bond donors (Lipinski definition) is 0. The molecule has 24 heavy (non-hydrogen) atoms. The number of aromatic nitrogens is 2. The molecule has 0 fully saturated rings. The van der Waals surface area contributed by atoms with Gasteiger partial charge in [0.05, 0.1) is 17.0 Å². The second-order valence-electron chi connectivity index (χ2n) is 6.42. The summed E-state index contributed by atoms with van der Waals surface area (Å²) < 4.78 is 7.33. The molecule has 0 unspecified atom stereocenters. The normalized spacial score (nSPS) is 11.1. The van der Waals surface area contributed by atoms with Crippen LogP contribution in [-0.4, -0.2) is 9.78 Å². The Hall–Kier alpha value is -2.87. The van der Waals surface area contributed by atoms with Gasteiger partial charge in [0, 0.05) is 13.5 Å². The van der Waals surface area contributed by atoms with Gasteiger partial charge in [0.1, 0.15) is 11.5 Å². The van der Waals surface area contributed by atoms with Gasteiger partial charge >= 0.3 is 0 Å². The Kier molecular flexibility index (Phi) is 4.22. The topological polar surface area (TPSA) is 71.8 Å². The number of rotatable bonds is 4. The summed E-state index contributed by atoms with van der Waals surface area (Å²) in [7, 11) is 1.66. The molecule has 3 rings (SSSR count). The lowest BCUT2D eigenvalue weighted by Gasteiger charge is -2.06. The molecule has 122 valence electrons. The van der Waals surface area contributed by atoms with E-state index in [9.17, 15) is 4.79 Å². The van der Waals surface area contributed by atoms with Crippen LogP contribution in [0.1, 0.15) is 36.4 Å². The van der Waals surface area contributed by atoms with Crippen LogP contribution in [0.4, 0.5) is 0 Å². The quantitative estimate of drug-likeness (QED) is 0.740. The Morgan fingerprint density at radius 3 is 2.83 bits per heavy atom. The first-order chi connectivity index (χ1) is 11.5. The highest BCUT2D eigenvalue weighted by molar-refractivity contribution is 5.79. The molecular weight excluding hydrogens is 302 g/mol. The molecule has 0 saturated heterocycles. The number of furan rings is 1. The summed E-state index contributed by atoms with van der Waals surface area (Å²) in [6.07, 6.45) is 1.29. The predicted molar refractivity (Wildman–Crippen MR) is 91.8 cm³/mol. The fourth-order valence-electron chi connectivity index (χ4n) is 2.82. The molecule has 0 amide bonds. The molecule has 0 aliphatic heterocycles. The van der Waals surface area contributed by atoms with Gasteiger partial charge in [0.2, 0.25) is 0 Å². The summed E-state index contributed by atoms with van der Waals surface area (Å²) in [6, 6.07) is 11.3. The van der Waals surface area contributed by atoms with E-state index >= 15 is 0 Å². The second-order valence-corrected chi connectivity index (χ2v) is 6.42. The van der Waals surface area contributed by atoms with Gasteiger partial charge in [-0.1, -0.05) is 26.0 Å². The zero-order chi connectivity index (χ0) is 17.3. The lowest BCUT2D eigenvalue weighted by molar-refractivity contribution is 0.538. The van der Waals surface area contributed by atoms with E-state index in [1.807, 2.05) is 18.2 Å². The third-order valence-corrected chi connectivity index (χ3v) is 3.88. The van der Waals surface area contributed by atoms with E-state index in [0.29, 0.717) is 34.6 Å². The van der Waals surface area contributed by atoms with E-state index in [4.69, 9.17) is 9.68 Å². The molecule has 0 aliphatic rings. The van der Waals surface area contributed by atoms with Gasteiger partial charge in [-0.25, -0.2) is 4.68 Å². The average Bonchev–Trinajstić information content (AvgIpc) is 2.96. The molecule has 2 aromatic heterocycles. The van der Waals surface area contributed by atoms with E-state index in [1.54, 1.807) is 19.2 Å². The van der Waals surface area contributed by atoms with Crippen molar-refractivity contribution in [2.24, 2.45) is 13.0 Å². The van der Waals surface area contributed by atoms with Gasteiger partial charge in [-0.2, -0.15) is 10.4 Å². The predicted octanol–water partition coefficient (Wildman–Crippen LogP) is 3.19. The van der Waals surface area contributed by atoms with Crippen molar-refractivity contribution >= 4 is 11.0 Å². The van der Waals surface area contributed by atoms with Crippen LogP contribution < -0.4 is 5.56 Å². The van der Waals surface area contributed by atoms with Crippen LogP contribution in [0.15, 0.2) is 39.5 Å². The zero-order valence-corrected chi connectivity index (χ0v) is 14.0. The van der Waals surface area contributed by atoms with E-state index in [1.165, 1.54) is 4.68 Å². The smallest absolute Gasteiger partial charge is 0.277 e. The fraction of sp³-hybridized carbons (Fsp3) is 0.316. The standard InChI is InChI=1S/C19H19N3O2/c1-12(2)7-17-18-16(19(23)22(3)21-17)10-15(24-18)9-13-5-4-6-14(8-13)11-20/h4-6,8,10,12H,7,9H2,1-3H3. The highest BCUT2D eigenvalue weighted by Gasteiger charge is 2.16. The van der Waals surface area contributed by atoms with Crippen molar-refractivity contribution in [1.29, 1.82) is 5.26 Å². The molecule has 0 spiro atoms. The highest BCUT2D eigenvalue weighted by Crippen LogP contribution is 2.23. The van der Waals surface area contributed by atoms with E-state index in [2.05, 4.69) is 25.0 Å². The third kappa shape index (κ3) is 3.09. The summed E-state index contributed by atoms with van der Waals surface area (Å²) in [5.74, 6) is 1.12. The van der Waals surface area contributed by atoms with Crippen LogP contribution in [-0.2, 0) is 19.9 Å². The van der Waals surface area contributed by atoms with Crippen molar-refractivity contribution in [2.75, 3.05) is 0 Å². The van der Waals surface area contributed by atoms with Crippen LogP contribution in [0.5, 0.6) is 0 Å². The molecule has 2 heterocycles. The Balaban J connectivity index is 2.05. The minimum Gasteiger partial charge on any atom is -0.459 e. The van der Waals surface area contributed by atoms with Crippen molar-refractivity contribution in [1.82, 2.24) is 9.78 Å². The molecule has 0 bridgehead atoms. The van der Waals surface area contributed by atoms with Crippen LogP contribution in [0.25, 0.3) is 11.0 Å². The van der Waals surface area contributed by atoms with E-state index in [-0.39, 0.29) is 5.56 Å². The SMILES string of the molecule is CC(C)Cc1nn(C)c(=O)c2cc(Cc3cccc(C#N)c3)oc12. The van der Waals surface area contributed by atoms with E-state index in [0.717, 1.165) is 17.7 Å². The fourth-order valence-corrected chi connectivity index (χ4v) is 2.82. The molecule has 5 nitrogen and oxygen atoms in total. The molecular formula is C19H19N3O2. The first-order valence-electron chi connectivity index (χ1n) is 7.95. The Morgan fingerprint density at radius 1 is 1.33 bits per heavy atom. The summed E-state index contributed by atoms with van der Waals surface area (Å²) >= 11 is 0. The first-order valence-corrected chi connectivity index (χ1v) is 7.95. The molecule has 5 heteroatoms. The Morgan fingerprint density at radius 2 is 2.12 bits per heavy atom. The maximum Gasteiger partial charge on any atom is 0.277 e. The van der Waals surface area contributed by atoms with E-state index < -0.39 is 0 Å². The summed E-state index contributed by atoms with van der Waals surface area (Å²) in [6.45, 7) is 4.21. The van der Waals surface area contributed by atoms with Gasteiger partial charge in [-0.15, -0.1) is 0 Å². The van der Waals surface area contributed by atoms with Gasteiger partial charge in [-0.3, -0.25) is 4.79 Å². The maximum absolute atomic E-state index is 12.3. The van der Waals surface area contributed by atoms with Crippen molar-refractivity contribution in [2.45, 2.75) is 26.7 Å². The molecule has 0 aliphatic carbocycles. The molecule has 1 aromatic carbocycles. The number of hydrogen-bond acceptors (Lipinski definition) is 4. The van der Waals surface area contributed by atoms with Crippen molar-refractivity contribution in [3.8, 4) is 6.07 Å². The number of benzene rings is 1. The minimum atomic E-state index is -0.154. The zero-order valence-electron chi connectivity index (χ0n) is 14.0. The second kappa shape index (κ2) is 6.32. The highest BCUT2D eigenvalue weighted by atomic mass is 16.3. The Labute approximate surface area is 140 Å². The Bertz CT molecular complexity index is 990. The van der Waals surface area contributed by atoms with Gasteiger partial charge in [0.25, 0.3) is 5.56 Å². The van der Waals surface area contributed by atoms with Crippen molar-refractivity contribution in [3.63, 3.8) is 0 Å². The lowest BCUT2D eigenvalue weighted by atomic mass is 10.1. The largest absolute Gasteiger partial charge is 0.459 e. The van der Waals surface area contributed by atoms with Crippen molar-refractivity contribution in [3.05, 3.63) is 63.3 Å². The van der Waals surface area contributed by atoms with Crippen LogP contribution >= 0.6 is 0 Å². The maximum atomic E-state index is 12.3. The molecule has 0 atom stereocenters. The molecule has 3 aromatic rings. The number of nitrogens with zero attached hydrogens (tertiary/aromatic N) is 3.